The van der Waals surface area contributed by atoms with E-state index in [2.05, 4.69) is 36.8 Å². The van der Waals surface area contributed by atoms with E-state index in [0.717, 1.165) is 43.3 Å². The Hall–Kier alpha value is -1.52. The van der Waals surface area contributed by atoms with Crippen molar-refractivity contribution in [3.8, 4) is 11.5 Å². The van der Waals surface area contributed by atoms with Gasteiger partial charge in [-0.2, -0.15) is 0 Å². The molecule has 0 fully saturated rings. The lowest BCUT2D eigenvalue weighted by atomic mass is 10.2. The number of benzene rings is 1. The summed E-state index contributed by atoms with van der Waals surface area (Å²) in [5.41, 5.74) is 2.18. The van der Waals surface area contributed by atoms with E-state index >= 15 is 0 Å². The van der Waals surface area contributed by atoms with Gasteiger partial charge in [0.15, 0.2) is 11.5 Å². The first kappa shape index (κ1) is 17.5. The Labute approximate surface area is 128 Å². The predicted molar refractivity (Wildman–Crippen MR) is 88.2 cm³/mol. The third-order valence-corrected chi connectivity index (χ3v) is 3.24. The van der Waals surface area contributed by atoms with E-state index in [-0.39, 0.29) is 0 Å². The minimum Gasteiger partial charge on any atom is -0.493 e. The van der Waals surface area contributed by atoms with E-state index in [9.17, 15) is 0 Å². The van der Waals surface area contributed by atoms with Crippen LogP contribution in [0.15, 0.2) is 30.4 Å². The van der Waals surface area contributed by atoms with Crippen LogP contribution in [0.25, 0.3) is 0 Å². The molecule has 0 unspecified atom stereocenters. The number of ether oxygens (including phenoxy) is 2. The van der Waals surface area contributed by atoms with Crippen LogP contribution < -0.4 is 14.8 Å². The molecule has 0 spiro atoms. The van der Waals surface area contributed by atoms with Gasteiger partial charge in [0.25, 0.3) is 0 Å². The third kappa shape index (κ3) is 6.65. The molecule has 0 atom stereocenters. The molecule has 0 aliphatic rings. The molecule has 0 amide bonds. The summed E-state index contributed by atoms with van der Waals surface area (Å²) < 4.78 is 11.1. The number of nitrogens with zero attached hydrogens (tertiary/aromatic N) is 1. The molecule has 1 aromatic rings. The van der Waals surface area contributed by atoms with Gasteiger partial charge in [-0.05, 0) is 43.8 Å². The molecule has 4 heteroatoms. The van der Waals surface area contributed by atoms with Crippen LogP contribution in [0.2, 0.25) is 0 Å². The average Bonchev–Trinajstić information content (AvgIpc) is 2.49. The SMILES string of the molecule is C=C(C)COc1cc(CNCCN(C)CC)ccc1OC. The lowest BCUT2D eigenvalue weighted by Crippen LogP contribution is -2.28. The van der Waals surface area contributed by atoms with E-state index in [0.29, 0.717) is 6.61 Å². The largest absolute Gasteiger partial charge is 0.493 e. The molecular weight excluding hydrogens is 264 g/mol. The zero-order valence-corrected chi connectivity index (χ0v) is 13.7. The Morgan fingerprint density at radius 1 is 1.33 bits per heavy atom. The van der Waals surface area contributed by atoms with Crippen LogP contribution in [0.1, 0.15) is 19.4 Å². The summed E-state index contributed by atoms with van der Waals surface area (Å²) in [6.45, 7) is 12.4. The molecule has 0 saturated heterocycles. The van der Waals surface area contributed by atoms with Crippen molar-refractivity contribution in [2.24, 2.45) is 0 Å². The molecule has 0 radical (unpaired) electrons. The maximum Gasteiger partial charge on any atom is 0.161 e. The molecule has 0 bridgehead atoms. The number of likely N-dealkylation sites (N-methyl/N-ethyl adjacent to an activating group) is 1. The van der Waals surface area contributed by atoms with E-state index in [1.807, 2.05) is 19.1 Å². The van der Waals surface area contributed by atoms with Crippen molar-refractivity contribution in [1.29, 1.82) is 0 Å². The maximum absolute atomic E-state index is 5.73. The van der Waals surface area contributed by atoms with Gasteiger partial charge < -0.3 is 19.7 Å². The highest BCUT2D eigenvalue weighted by Gasteiger charge is 2.06. The summed E-state index contributed by atoms with van der Waals surface area (Å²) in [5, 5.41) is 3.44. The minimum absolute atomic E-state index is 0.508. The van der Waals surface area contributed by atoms with E-state index < -0.39 is 0 Å². The quantitative estimate of drug-likeness (QED) is 0.531. The first-order valence-electron chi connectivity index (χ1n) is 7.40. The first-order valence-corrected chi connectivity index (χ1v) is 7.40. The third-order valence-electron chi connectivity index (χ3n) is 3.24. The fourth-order valence-corrected chi connectivity index (χ4v) is 1.81. The monoisotopic (exact) mass is 292 g/mol. The van der Waals surface area contributed by atoms with Crippen molar-refractivity contribution in [2.75, 3.05) is 40.4 Å². The molecule has 1 rings (SSSR count). The van der Waals surface area contributed by atoms with Crippen LogP contribution in [0.3, 0.4) is 0 Å². The van der Waals surface area contributed by atoms with Crippen molar-refractivity contribution >= 4 is 0 Å². The molecular formula is C17H28N2O2. The minimum atomic E-state index is 0.508. The smallest absolute Gasteiger partial charge is 0.161 e. The van der Waals surface area contributed by atoms with Crippen molar-refractivity contribution in [2.45, 2.75) is 20.4 Å². The molecule has 1 aromatic carbocycles. The number of hydrogen-bond donors (Lipinski definition) is 1. The highest BCUT2D eigenvalue weighted by atomic mass is 16.5. The molecule has 0 saturated carbocycles. The number of nitrogens with one attached hydrogen (secondary N) is 1. The Kier molecular flexibility index (Phi) is 7.87. The molecule has 0 aliphatic carbocycles. The van der Waals surface area contributed by atoms with E-state index in [1.54, 1.807) is 7.11 Å². The zero-order valence-electron chi connectivity index (χ0n) is 13.7. The highest BCUT2D eigenvalue weighted by molar-refractivity contribution is 5.43. The fraction of sp³-hybridized carbons (Fsp3) is 0.529. The number of rotatable bonds is 10. The van der Waals surface area contributed by atoms with Gasteiger partial charge in [-0.15, -0.1) is 0 Å². The number of hydrogen-bond acceptors (Lipinski definition) is 4. The summed E-state index contributed by atoms with van der Waals surface area (Å²) in [7, 11) is 3.78. The Balaban J connectivity index is 2.54. The van der Waals surface area contributed by atoms with Crippen LogP contribution >= 0.6 is 0 Å². The fourth-order valence-electron chi connectivity index (χ4n) is 1.81. The summed E-state index contributed by atoms with van der Waals surface area (Å²) in [6.07, 6.45) is 0. The summed E-state index contributed by atoms with van der Waals surface area (Å²) in [5.74, 6) is 1.52. The van der Waals surface area contributed by atoms with Gasteiger partial charge in [0.1, 0.15) is 6.61 Å². The summed E-state index contributed by atoms with van der Waals surface area (Å²) in [6, 6.07) is 6.03. The lowest BCUT2D eigenvalue weighted by Gasteiger charge is -2.15. The summed E-state index contributed by atoms with van der Waals surface area (Å²) in [4.78, 5) is 2.28. The first-order chi connectivity index (χ1) is 10.1. The van der Waals surface area contributed by atoms with Crippen molar-refractivity contribution in [3.05, 3.63) is 35.9 Å². The predicted octanol–water partition coefficient (Wildman–Crippen LogP) is 2.69. The van der Waals surface area contributed by atoms with Crippen molar-refractivity contribution in [3.63, 3.8) is 0 Å². The molecule has 1 N–H and O–H groups in total. The van der Waals surface area contributed by atoms with Gasteiger partial charge in [-0.25, -0.2) is 0 Å². The second-order valence-corrected chi connectivity index (χ2v) is 5.30. The molecule has 21 heavy (non-hydrogen) atoms. The Bertz CT molecular complexity index is 446. The Morgan fingerprint density at radius 2 is 2.10 bits per heavy atom. The topological polar surface area (TPSA) is 33.7 Å². The molecule has 0 aliphatic heterocycles. The van der Waals surface area contributed by atoms with Crippen LogP contribution in [-0.2, 0) is 6.54 Å². The lowest BCUT2D eigenvalue weighted by molar-refractivity contribution is 0.319. The molecule has 118 valence electrons. The van der Waals surface area contributed by atoms with Gasteiger partial charge in [0, 0.05) is 19.6 Å². The van der Waals surface area contributed by atoms with Crippen LogP contribution in [0.4, 0.5) is 0 Å². The van der Waals surface area contributed by atoms with Gasteiger partial charge in [0.05, 0.1) is 7.11 Å². The second-order valence-electron chi connectivity index (χ2n) is 5.30. The summed E-state index contributed by atoms with van der Waals surface area (Å²) >= 11 is 0. The average molecular weight is 292 g/mol. The van der Waals surface area contributed by atoms with Crippen LogP contribution in [0, 0.1) is 0 Å². The molecule has 4 nitrogen and oxygen atoms in total. The van der Waals surface area contributed by atoms with Crippen molar-refractivity contribution in [1.82, 2.24) is 10.2 Å². The van der Waals surface area contributed by atoms with E-state index in [1.165, 1.54) is 5.56 Å². The second kappa shape index (κ2) is 9.42. The Morgan fingerprint density at radius 3 is 2.71 bits per heavy atom. The maximum atomic E-state index is 5.73. The van der Waals surface area contributed by atoms with Crippen molar-refractivity contribution < 1.29 is 9.47 Å². The zero-order chi connectivity index (χ0) is 15.7. The standard InChI is InChI=1S/C17H28N2O2/c1-6-19(4)10-9-18-12-15-7-8-16(20-5)17(11-15)21-13-14(2)3/h7-8,11,18H,2,6,9-10,12-13H2,1,3-5H3. The normalized spacial score (nSPS) is 10.7. The van der Waals surface area contributed by atoms with Gasteiger partial charge in [-0.3, -0.25) is 0 Å². The van der Waals surface area contributed by atoms with Gasteiger partial charge in [0.2, 0.25) is 0 Å². The van der Waals surface area contributed by atoms with Gasteiger partial charge >= 0.3 is 0 Å². The number of methoxy groups -OCH3 is 1. The molecule has 0 aromatic heterocycles. The van der Waals surface area contributed by atoms with Gasteiger partial charge in [-0.1, -0.05) is 19.6 Å². The molecule has 0 heterocycles. The van der Waals surface area contributed by atoms with Crippen LogP contribution in [-0.4, -0.2) is 45.3 Å². The van der Waals surface area contributed by atoms with E-state index in [4.69, 9.17) is 9.47 Å². The van der Waals surface area contributed by atoms with Crippen LogP contribution in [0.5, 0.6) is 11.5 Å². The highest BCUT2D eigenvalue weighted by Crippen LogP contribution is 2.28.